The molecule has 0 spiro atoms. The van der Waals surface area contributed by atoms with Gasteiger partial charge < -0.3 is 10.2 Å². The molecule has 0 heterocycles. The van der Waals surface area contributed by atoms with Crippen LogP contribution in [0.25, 0.3) is 0 Å². The van der Waals surface area contributed by atoms with Crippen LogP contribution in [0.5, 0.6) is 0 Å². The minimum absolute atomic E-state index is 0.120. The van der Waals surface area contributed by atoms with E-state index in [9.17, 15) is 18.0 Å². The van der Waals surface area contributed by atoms with Crippen molar-refractivity contribution in [3.05, 3.63) is 64.6 Å². The van der Waals surface area contributed by atoms with Gasteiger partial charge in [-0.25, -0.2) is 8.42 Å². The second-order valence-corrected chi connectivity index (χ2v) is 11.6. The average Bonchev–Trinajstić information content (AvgIpc) is 2.77. The van der Waals surface area contributed by atoms with E-state index in [1.54, 1.807) is 36.1 Å². The van der Waals surface area contributed by atoms with Gasteiger partial charge in [0.2, 0.25) is 21.8 Å². The minimum atomic E-state index is -3.50. The Bertz CT molecular complexity index is 1060. The lowest BCUT2D eigenvalue weighted by Crippen LogP contribution is -2.48. The molecule has 0 fully saturated rings. The number of hydrogen-bond donors (Lipinski definition) is 1. The number of amides is 2. The van der Waals surface area contributed by atoms with Gasteiger partial charge in [-0.15, -0.1) is 0 Å². The normalized spacial score (nSPS) is 12.3. The molecular weight excluding hydrogens is 518 g/mol. The second kappa shape index (κ2) is 12.9. The van der Waals surface area contributed by atoms with E-state index in [1.807, 2.05) is 44.2 Å². The first-order valence-corrected chi connectivity index (χ1v) is 14.0. The molecule has 0 bridgehead atoms. The first-order valence-electron chi connectivity index (χ1n) is 11.3. The topological polar surface area (TPSA) is 86.8 Å². The third kappa shape index (κ3) is 8.76. The highest BCUT2D eigenvalue weighted by molar-refractivity contribution is 9.10. The van der Waals surface area contributed by atoms with Crippen molar-refractivity contribution in [2.45, 2.75) is 46.2 Å². The number of hydrogen-bond acceptors (Lipinski definition) is 4. The van der Waals surface area contributed by atoms with Gasteiger partial charge in [-0.05, 0) is 49.1 Å². The van der Waals surface area contributed by atoms with Crippen LogP contribution in [0.1, 0.15) is 39.2 Å². The predicted octanol–water partition coefficient (Wildman–Crippen LogP) is 4.18. The van der Waals surface area contributed by atoms with Crippen molar-refractivity contribution in [3.63, 3.8) is 0 Å². The van der Waals surface area contributed by atoms with Crippen molar-refractivity contribution in [3.8, 4) is 0 Å². The van der Waals surface area contributed by atoms with Crippen molar-refractivity contribution in [1.29, 1.82) is 0 Å². The zero-order chi connectivity index (χ0) is 25.3. The van der Waals surface area contributed by atoms with E-state index in [4.69, 9.17) is 0 Å². The van der Waals surface area contributed by atoms with Crippen molar-refractivity contribution in [2.24, 2.45) is 5.92 Å². The van der Waals surface area contributed by atoms with Crippen LogP contribution in [0.3, 0.4) is 0 Å². The fraction of sp³-hybridized carbons (Fsp3) is 0.440. The third-order valence-electron chi connectivity index (χ3n) is 5.29. The Morgan fingerprint density at radius 3 is 2.29 bits per heavy atom. The third-order valence-corrected chi connectivity index (χ3v) is 6.98. The molecule has 0 aliphatic rings. The van der Waals surface area contributed by atoms with E-state index in [2.05, 4.69) is 21.2 Å². The predicted molar refractivity (Wildman–Crippen MR) is 140 cm³/mol. The molecule has 0 radical (unpaired) electrons. The molecule has 1 N–H and O–H groups in total. The van der Waals surface area contributed by atoms with Gasteiger partial charge in [0.15, 0.2) is 0 Å². The van der Waals surface area contributed by atoms with Crippen LogP contribution in [0.2, 0.25) is 0 Å². The zero-order valence-corrected chi connectivity index (χ0v) is 22.6. The summed E-state index contributed by atoms with van der Waals surface area (Å²) in [6.45, 7) is 6.72. The van der Waals surface area contributed by atoms with Crippen LogP contribution < -0.4 is 9.62 Å². The summed E-state index contributed by atoms with van der Waals surface area (Å²) in [5, 5.41) is 2.90. The van der Waals surface area contributed by atoms with Crippen LogP contribution in [0.4, 0.5) is 5.69 Å². The summed E-state index contributed by atoms with van der Waals surface area (Å²) in [6, 6.07) is 15.8. The molecule has 0 saturated heterocycles. The van der Waals surface area contributed by atoms with Crippen LogP contribution >= 0.6 is 15.9 Å². The average molecular weight is 553 g/mol. The molecule has 0 aromatic heterocycles. The van der Waals surface area contributed by atoms with Crippen molar-refractivity contribution >= 4 is 43.5 Å². The summed E-state index contributed by atoms with van der Waals surface area (Å²) < 4.78 is 26.8. The van der Waals surface area contributed by atoms with Gasteiger partial charge >= 0.3 is 0 Å². The molecule has 2 amide bonds. The standard InChI is InChI=1S/C25H34BrN3O4S/c1-19(2)17-27-25(31)20(3)28(18-21-10-8-11-22(26)16-21)24(30)14-9-15-29(34(4,32)33)23-12-6-5-7-13-23/h5-8,10-13,16,19-20H,9,14-15,17-18H2,1-4H3,(H,27,31). The number of halogens is 1. The lowest BCUT2D eigenvalue weighted by Gasteiger charge is -2.29. The Hall–Kier alpha value is -2.39. The molecule has 1 atom stereocenters. The Morgan fingerprint density at radius 1 is 1.03 bits per heavy atom. The van der Waals surface area contributed by atoms with Crippen molar-refractivity contribution in [1.82, 2.24) is 10.2 Å². The highest BCUT2D eigenvalue weighted by Crippen LogP contribution is 2.19. The van der Waals surface area contributed by atoms with E-state index in [-0.39, 0.29) is 31.3 Å². The van der Waals surface area contributed by atoms with Gasteiger partial charge in [0, 0.05) is 30.5 Å². The summed E-state index contributed by atoms with van der Waals surface area (Å²) in [4.78, 5) is 27.6. The van der Waals surface area contributed by atoms with E-state index < -0.39 is 16.1 Å². The van der Waals surface area contributed by atoms with Crippen LogP contribution in [0, 0.1) is 5.92 Å². The van der Waals surface area contributed by atoms with Crippen molar-refractivity contribution in [2.75, 3.05) is 23.7 Å². The fourth-order valence-corrected chi connectivity index (χ4v) is 4.88. The lowest BCUT2D eigenvalue weighted by atomic mass is 10.1. The molecular formula is C25H34BrN3O4S. The molecule has 2 rings (SSSR count). The summed E-state index contributed by atoms with van der Waals surface area (Å²) >= 11 is 3.45. The molecule has 7 nitrogen and oxygen atoms in total. The van der Waals surface area contributed by atoms with Gasteiger partial charge in [-0.2, -0.15) is 0 Å². The maximum absolute atomic E-state index is 13.3. The lowest BCUT2D eigenvalue weighted by molar-refractivity contribution is -0.140. The second-order valence-electron chi connectivity index (χ2n) is 8.74. The number of sulfonamides is 1. The molecule has 2 aromatic carbocycles. The van der Waals surface area contributed by atoms with E-state index in [1.165, 1.54) is 4.31 Å². The van der Waals surface area contributed by atoms with Crippen LogP contribution in [-0.4, -0.2) is 50.5 Å². The van der Waals surface area contributed by atoms with Crippen LogP contribution in [-0.2, 0) is 26.2 Å². The molecule has 0 aliphatic heterocycles. The highest BCUT2D eigenvalue weighted by Gasteiger charge is 2.26. The molecule has 9 heteroatoms. The van der Waals surface area contributed by atoms with Crippen molar-refractivity contribution < 1.29 is 18.0 Å². The van der Waals surface area contributed by atoms with Gasteiger partial charge in [0.1, 0.15) is 6.04 Å². The molecule has 0 saturated carbocycles. The van der Waals surface area contributed by atoms with Crippen LogP contribution in [0.15, 0.2) is 59.1 Å². The molecule has 2 aromatic rings. The zero-order valence-electron chi connectivity index (χ0n) is 20.2. The Morgan fingerprint density at radius 2 is 1.71 bits per heavy atom. The van der Waals surface area contributed by atoms with Gasteiger partial charge in [0.25, 0.3) is 0 Å². The van der Waals surface area contributed by atoms with Gasteiger partial charge in [0.05, 0.1) is 11.9 Å². The maximum atomic E-state index is 13.3. The van der Waals surface area contributed by atoms with E-state index in [0.29, 0.717) is 24.6 Å². The fourth-order valence-electron chi connectivity index (χ4n) is 3.47. The number of anilines is 1. The van der Waals surface area contributed by atoms with E-state index >= 15 is 0 Å². The SMILES string of the molecule is CC(C)CNC(=O)C(C)N(Cc1cccc(Br)c1)C(=O)CCCN(c1ccccc1)S(C)(=O)=O. The smallest absolute Gasteiger partial charge is 0.242 e. The first kappa shape index (κ1) is 27.9. The van der Waals surface area contributed by atoms with E-state index in [0.717, 1.165) is 16.3 Å². The monoisotopic (exact) mass is 551 g/mol. The summed E-state index contributed by atoms with van der Waals surface area (Å²) in [7, 11) is -3.50. The Balaban J connectivity index is 2.14. The molecule has 186 valence electrons. The largest absolute Gasteiger partial charge is 0.354 e. The molecule has 34 heavy (non-hydrogen) atoms. The number of carbonyl (C=O) groups is 2. The number of benzene rings is 2. The summed E-state index contributed by atoms with van der Waals surface area (Å²) in [5.74, 6) is -0.113. The highest BCUT2D eigenvalue weighted by atomic mass is 79.9. The summed E-state index contributed by atoms with van der Waals surface area (Å²) in [5.41, 5.74) is 1.46. The maximum Gasteiger partial charge on any atom is 0.242 e. The molecule has 1 unspecified atom stereocenters. The Kier molecular flexibility index (Phi) is 10.6. The first-order chi connectivity index (χ1) is 16.0. The Labute approximate surface area is 211 Å². The van der Waals surface area contributed by atoms with Gasteiger partial charge in [-0.1, -0.05) is 60.1 Å². The number of para-hydroxylation sites is 1. The minimum Gasteiger partial charge on any atom is -0.354 e. The number of rotatable bonds is 12. The molecule has 0 aliphatic carbocycles. The number of nitrogens with zero attached hydrogens (tertiary/aromatic N) is 2. The summed E-state index contributed by atoms with van der Waals surface area (Å²) in [6.07, 6.45) is 1.60. The number of nitrogens with one attached hydrogen (secondary N) is 1. The van der Waals surface area contributed by atoms with Gasteiger partial charge in [-0.3, -0.25) is 13.9 Å². The number of carbonyl (C=O) groups excluding carboxylic acids is 2. The quantitative estimate of drug-likeness (QED) is 0.428.